The highest BCUT2D eigenvalue weighted by Crippen LogP contribution is 2.48. The lowest BCUT2D eigenvalue weighted by Gasteiger charge is -2.03. The number of nitrogen functional groups attached to an aromatic ring is 2. The zero-order valence-electron chi connectivity index (χ0n) is 15.1. The summed E-state index contributed by atoms with van der Waals surface area (Å²) in [6, 6.07) is 25.9. The Bertz CT molecular complexity index is 1730. The van der Waals surface area contributed by atoms with Gasteiger partial charge in [0, 0.05) is 11.4 Å². The fraction of sp³-hybridized carbons (Fsp3) is 0. The molecule has 2 nitrogen and oxygen atoms in total. The third-order valence-corrected chi connectivity index (χ3v) is 6.33. The average Bonchev–Trinajstić information content (AvgIpc) is 3.18. The molecule has 0 heterocycles. The third-order valence-electron chi connectivity index (χ3n) is 6.33. The summed E-state index contributed by atoms with van der Waals surface area (Å²) in [7, 11) is 0. The lowest BCUT2D eigenvalue weighted by molar-refractivity contribution is 1.79. The molecule has 0 saturated heterocycles. The fourth-order valence-corrected chi connectivity index (χ4v) is 5.32. The van der Waals surface area contributed by atoms with Gasteiger partial charge in [-0.05, 0) is 95.0 Å². The van der Waals surface area contributed by atoms with Crippen LogP contribution in [0.25, 0.3) is 64.6 Å². The van der Waals surface area contributed by atoms with Crippen molar-refractivity contribution in [3.05, 3.63) is 72.8 Å². The molecule has 0 radical (unpaired) electrons. The number of fused-ring (bicyclic) bond motifs is 7. The van der Waals surface area contributed by atoms with Gasteiger partial charge < -0.3 is 11.5 Å². The molecule has 0 unspecified atom stereocenters. The second-order valence-corrected chi connectivity index (χ2v) is 7.85. The second-order valence-electron chi connectivity index (χ2n) is 7.85. The standard InChI is InChI=1S/C26H16N2/c27-15-7-8-18-20(11-15)17-5-1-4-14-10-21-22-12-16(28)9-13-3-2-6-19(23(13)22)25(21)26(18)24(14)17/h1-12H,27-28H2. The van der Waals surface area contributed by atoms with Crippen molar-refractivity contribution in [2.75, 3.05) is 11.5 Å². The summed E-state index contributed by atoms with van der Waals surface area (Å²) in [5.41, 5.74) is 14.0. The molecule has 2 heteroatoms. The number of hydrogen-bond donors (Lipinski definition) is 2. The maximum absolute atomic E-state index is 6.25. The van der Waals surface area contributed by atoms with Crippen LogP contribution in [0.4, 0.5) is 11.4 Å². The molecule has 0 aliphatic rings. The maximum atomic E-state index is 6.25. The van der Waals surface area contributed by atoms with Gasteiger partial charge in [0.15, 0.2) is 0 Å². The van der Waals surface area contributed by atoms with Crippen molar-refractivity contribution in [3.63, 3.8) is 0 Å². The van der Waals surface area contributed by atoms with Gasteiger partial charge in [0.1, 0.15) is 0 Å². The number of anilines is 2. The minimum absolute atomic E-state index is 0.804. The van der Waals surface area contributed by atoms with E-state index >= 15 is 0 Å². The monoisotopic (exact) mass is 356 g/mol. The molecule has 28 heavy (non-hydrogen) atoms. The predicted octanol–water partition coefficient (Wildman–Crippen LogP) is 6.65. The molecular weight excluding hydrogens is 340 g/mol. The lowest BCUT2D eigenvalue weighted by atomic mass is 10.0. The quantitative estimate of drug-likeness (QED) is 0.299. The summed E-state index contributed by atoms with van der Waals surface area (Å²) >= 11 is 0. The first-order chi connectivity index (χ1) is 13.7. The summed E-state index contributed by atoms with van der Waals surface area (Å²) in [6.07, 6.45) is 0. The van der Waals surface area contributed by atoms with Crippen LogP contribution in [-0.2, 0) is 0 Å². The minimum Gasteiger partial charge on any atom is -0.399 e. The molecule has 0 atom stereocenters. The topological polar surface area (TPSA) is 52.0 Å². The molecule has 0 bridgehead atoms. The van der Waals surface area contributed by atoms with Gasteiger partial charge >= 0.3 is 0 Å². The molecule has 0 aliphatic heterocycles. The third kappa shape index (κ3) is 1.52. The minimum atomic E-state index is 0.804. The van der Waals surface area contributed by atoms with Gasteiger partial charge in [-0.15, -0.1) is 0 Å². The van der Waals surface area contributed by atoms with E-state index in [4.69, 9.17) is 11.5 Å². The van der Waals surface area contributed by atoms with Gasteiger partial charge in [0.25, 0.3) is 0 Å². The van der Waals surface area contributed by atoms with Crippen LogP contribution in [0.2, 0.25) is 0 Å². The Labute approximate surface area is 160 Å². The van der Waals surface area contributed by atoms with E-state index in [-0.39, 0.29) is 0 Å². The highest BCUT2D eigenvalue weighted by molar-refractivity contribution is 6.45. The van der Waals surface area contributed by atoms with Crippen molar-refractivity contribution in [3.8, 4) is 0 Å². The molecule has 7 aromatic rings. The van der Waals surface area contributed by atoms with Crippen molar-refractivity contribution in [2.45, 2.75) is 0 Å². The average molecular weight is 356 g/mol. The number of benzene rings is 5. The SMILES string of the molecule is Nc1ccc2c(c1)c1cccc3cc4c5cc(N)cc6cccc(c65)c4c2c31. The first-order valence-electron chi connectivity index (χ1n) is 9.54. The Kier molecular flexibility index (Phi) is 2.32. The van der Waals surface area contributed by atoms with Crippen LogP contribution in [0.3, 0.4) is 0 Å². The van der Waals surface area contributed by atoms with Gasteiger partial charge in [-0.25, -0.2) is 0 Å². The molecule has 7 aromatic carbocycles. The molecule has 0 fully saturated rings. The molecule has 4 N–H and O–H groups in total. The smallest absolute Gasteiger partial charge is 0.0326 e. The van der Waals surface area contributed by atoms with Crippen molar-refractivity contribution in [1.29, 1.82) is 0 Å². The molecule has 0 saturated carbocycles. The Morgan fingerprint density at radius 3 is 1.93 bits per heavy atom. The molecule has 7 rings (SSSR count). The van der Waals surface area contributed by atoms with Crippen LogP contribution >= 0.6 is 0 Å². The zero-order valence-corrected chi connectivity index (χ0v) is 15.1. The highest BCUT2D eigenvalue weighted by atomic mass is 14.5. The van der Waals surface area contributed by atoms with E-state index in [0.29, 0.717) is 0 Å². The molecule has 130 valence electrons. The summed E-state index contributed by atoms with van der Waals surface area (Å²) in [4.78, 5) is 0. The van der Waals surface area contributed by atoms with Gasteiger partial charge in [-0.1, -0.05) is 42.5 Å². The van der Waals surface area contributed by atoms with Crippen LogP contribution in [-0.4, -0.2) is 0 Å². The van der Waals surface area contributed by atoms with E-state index in [1.54, 1.807) is 0 Å². The normalized spacial score (nSPS) is 12.6. The van der Waals surface area contributed by atoms with Crippen molar-refractivity contribution in [2.24, 2.45) is 0 Å². The molecule has 0 aromatic heterocycles. The Balaban J connectivity index is 1.94. The van der Waals surface area contributed by atoms with Crippen LogP contribution in [0.5, 0.6) is 0 Å². The lowest BCUT2D eigenvalue weighted by Crippen LogP contribution is -1.83. The van der Waals surface area contributed by atoms with E-state index in [2.05, 4.69) is 66.7 Å². The molecule has 0 aliphatic carbocycles. The van der Waals surface area contributed by atoms with Crippen molar-refractivity contribution in [1.82, 2.24) is 0 Å². The van der Waals surface area contributed by atoms with Gasteiger partial charge in [0.05, 0.1) is 0 Å². The Morgan fingerprint density at radius 2 is 1.07 bits per heavy atom. The first-order valence-corrected chi connectivity index (χ1v) is 9.54. The zero-order chi connectivity index (χ0) is 18.6. The number of nitrogens with two attached hydrogens (primary N) is 2. The van der Waals surface area contributed by atoms with Crippen molar-refractivity contribution < 1.29 is 0 Å². The molecule has 0 spiro atoms. The van der Waals surface area contributed by atoms with Crippen LogP contribution < -0.4 is 11.5 Å². The van der Waals surface area contributed by atoms with Gasteiger partial charge in [0.2, 0.25) is 0 Å². The van der Waals surface area contributed by atoms with E-state index in [9.17, 15) is 0 Å². The second kappa shape index (κ2) is 4.55. The van der Waals surface area contributed by atoms with Crippen LogP contribution in [0, 0.1) is 0 Å². The van der Waals surface area contributed by atoms with Crippen molar-refractivity contribution >= 4 is 76.0 Å². The largest absolute Gasteiger partial charge is 0.399 e. The van der Waals surface area contributed by atoms with Gasteiger partial charge in [-0.3, -0.25) is 0 Å². The van der Waals surface area contributed by atoms with E-state index in [0.717, 1.165) is 11.4 Å². The van der Waals surface area contributed by atoms with Gasteiger partial charge in [-0.2, -0.15) is 0 Å². The highest BCUT2D eigenvalue weighted by Gasteiger charge is 2.20. The fourth-order valence-electron chi connectivity index (χ4n) is 5.32. The van der Waals surface area contributed by atoms with Crippen LogP contribution in [0.1, 0.15) is 0 Å². The van der Waals surface area contributed by atoms with Crippen LogP contribution in [0.15, 0.2) is 72.8 Å². The number of rotatable bonds is 0. The maximum Gasteiger partial charge on any atom is 0.0326 e. The summed E-state index contributed by atoms with van der Waals surface area (Å²) in [6.45, 7) is 0. The van der Waals surface area contributed by atoms with E-state index < -0.39 is 0 Å². The Morgan fingerprint density at radius 1 is 0.393 bits per heavy atom. The Hall–Kier alpha value is -3.78. The molecular formula is C26H16N2. The molecule has 0 amide bonds. The van der Waals surface area contributed by atoms with E-state index in [1.165, 1.54) is 64.6 Å². The first kappa shape index (κ1) is 14.3. The summed E-state index contributed by atoms with van der Waals surface area (Å²) in [5, 5.41) is 15.4. The summed E-state index contributed by atoms with van der Waals surface area (Å²) in [5.74, 6) is 0. The predicted molar refractivity (Wildman–Crippen MR) is 123 cm³/mol. The number of hydrogen-bond acceptors (Lipinski definition) is 2. The summed E-state index contributed by atoms with van der Waals surface area (Å²) < 4.78 is 0. The van der Waals surface area contributed by atoms with E-state index in [1.807, 2.05) is 6.07 Å².